The first-order valence-corrected chi connectivity index (χ1v) is 15.0. The Balaban J connectivity index is 2.04. The molecule has 1 aromatic rings. The number of thioether (sulfide) groups is 2. The van der Waals surface area contributed by atoms with E-state index in [0.29, 0.717) is 0 Å². The highest BCUT2D eigenvalue weighted by Crippen LogP contribution is 2.59. The van der Waals surface area contributed by atoms with Gasteiger partial charge in [0.1, 0.15) is 36.9 Å². The molecule has 0 aromatic heterocycles. The van der Waals surface area contributed by atoms with Crippen molar-refractivity contribution in [2.75, 3.05) is 13.2 Å². The molecule has 0 spiro atoms. The minimum absolute atomic E-state index is 0.0301. The third kappa shape index (κ3) is 12.1. The van der Waals surface area contributed by atoms with E-state index in [9.17, 15) is 34.0 Å². The highest BCUT2D eigenvalue weighted by Gasteiger charge is 2.30. The fourth-order valence-electron chi connectivity index (χ4n) is 3.19. The SMILES string of the molecule is [C-]#[N+]/C(C#N)=C1/Sc2c(OC(=O)CCC(=O)OCC(C)OC(=O)C=C)ccc(OC(=O)CCC(=O)OC(C)COC(=O)C=C)c2S1. The molecule has 46 heavy (non-hydrogen) atoms. The average Bonchev–Trinajstić information content (AvgIpc) is 3.48. The lowest BCUT2D eigenvalue weighted by atomic mass is 10.3. The Morgan fingerprint density at radius 3 is 1.78 bits per heavy atom. The number of benzene rings is 1. The zero-order valence-electron chi connectivity index (χ0n) is 24.7. The molecule has 0 amide bonds. The molecular formula is C30H28N2O12S2. The van der Waals surface area contributed by atoms with E-state index < -0.39 is 48.0 Å². The number of allylic oxidation sites excluding steroid dienone is 1. The van der Waals surface area contributed by atoms with Crippen LogP contribution in [0.4, 0.5) is 0 Å². The average molecular weight is 673 g/mol. The first-order chi connectivity index (χ1) is 21.9. The Morgan fingerprint density at radius 2 is 1.28 bits per heavy atom. The molecular weight excluding hydrogens is 644 g/mol. The van der Waals surface area contributed by atoms with Crippen LogP contribution in [0.15, 0.2) is 57.2 Å². The van der Waals surface area contributed by atoms with E-state index in [4.69, 9.17) is 35.0 Å². The number of hydrogen-bond acceptors (Lipinski definition) is 15. The summed E-state index contributed by atoms with van der Waals surface area (Å²) in [5, 5.41) is 9.34. The van der Waals surface area contributed by atoms with Crippen LogP contribution in [0.25, 0.3) is 4.85 Å². The third-order valence-electron chi connectivity index (χ3n) is 5.28. The van der Waals surface area contributed by atoms with Crippen molar-refractivity contribution >= 4 is 59.3 Å². The van der Waals surface area contributed by atoms with E-state index in [1.54, 1.807) is 6.07 Å². The van der Waals surface area contributed by atoms with Crippen LogP contribution >= 0.6 is 23.5 Å². The Kier molecular flexibility index (Phi) is 15.1. The summed E-state index contributed by atoms with van der Waals surface area (Å²) in [6.45, 7) is 16.4. The predicted octanol–water partition coefficient (Wildman–Crippen LogP) is 4.19. The van der Waals surface area contributed by atoms with Crippen molar-refractivity contribution in [2.45, 2.75) is 61.5 Å². The topological polar surface area (TPSA) is 186 Å². The second-order valence-corrected chi connectivity index (χ2v) is 11.3. The Labute approximate surface area is 272 Å². The zero-order chi connectivity index (χ0) is 34.2. The molecule has 0 fully saturated rings. The van der Waals surface area contributed by atoms with Crippen LogP contribution < -0.4 is 9.47 Å². The van der Waals surface area contributed by atoms with E-state index in [-0.39, 0.29) is 70.1 Å². The van der Waals surface area contributed by atoms with Crippen molar-refractivity contribution in [3.63, 3.8) is 0 Å². The largest absolute Gasteiger partial charge is 0.462 e. The summed E-state index contributed by atoms with van der Waals surface area (Å²) >= 11 is 1.92. The van der Waals surface area contributed by atoms with Crippen LogP contribution in [0.3, 0.4) is 0 Å². The number of carbonyl (C=O) groups excluding carboxylic acids is 6. The van der Waals surface area contributed by atoms with Crippen LogP contribution in [0.5, 0.6) is 11.5 Å². The van der Waals surface area contributed by atoms with Crippen LogP contribution in [0.1, 0.15) is 39.5 Å². The van der Waals surface area contributed by atoms with Crippen LogP contribution in [0, 0.1) is 17.9 Å². The second-order valence-electron chi connectivity index (χ2n) is 9.00. The maximum absolute atomic E-state index is 12.6. The van der Waals surface area contributed by atoms with Crippen LogP contribution in [0.2, 0.25) is 0 Å². The van der Waals surface area contributed by atoms with Gasteiger partial charge in [0.05, 0.1) is 52.4 Å². The molecule has 0 aliphatic carbocycles. The molecule has 2 atom stereocenters. The zero-order valence-corrected chi connectivity index (χ0v) is 26.4. The van der Waals surface area contributed by atoms with Crippen LogP contribution in [-0.4, -0.2) is 61.2 Å². The van der Waals surface area contributed by atoms with Gasteiger partial charge in [0.15, 0.2) is 0 Å². The first kappa shape index (κ1) is 37.1. The lowest BCUT2D eigenvalue weighted by molar-refractivity contribution is -0.156. The summed E-state index contributed by atoms with van der Waals surface area (Å²) in [5.74, 6) is -4.34. The monoisotopic (exact) mass is 672 g/mol. The van der Waals surface area contributed by atoms with Gasteiger partial charge in [-0.1, -0.05) is 36.7 Å². The lowest BCUT2D eigenvalue weighted by Crippen LogP contribution is -2.22. The second kappa shape index (κ2) is 18.7. The third-order valence-corrected chi connectivity index (χ3v) is 7.88. The fraction of sp³-hybridized carbons (Fsp3) is 0.333. The minimum atomic E-state index is -0.796. The maximum atomic E-state index is 12.6. The standard InChI is InChI=1S/C30H28N2O12S2/c1-6-22(33)39-15-18(4)42-25(36)12-13-27(38)44-21-9-8-20(28-29(21)46-30(45-28)19(14-31)32-5)43-26(37)11-10-24(35)40-16-17(3)41-23(34)7-2/h6-9,17-18H,1-2,10-13,15-16H2,3-4H3/b30-19-. The first-order valence-electron chi connectivity index (χ1n) is 13.3. The molecule has 0 N–H and O–H groups in total. The molecule has 16 heteroatoms. The molecule has 1 aliphatic rings. The van der Waals surface area contributed by atoms with Crippen molar-refractivity contribution < 1.29 is 57.2 Å². The van der Waals surface area contributed by atoms with Gasteiger partial charge in [0.2, 0.25) is 0 Å². The quantitative estimate of drug-likeness (QED) is 0.0607. The number of esters is 6. The van der Waals surface area contributed by atoms with Crippen molar-refractivity contribution in [1.82, 2.24) is 0 Å². The molecule has 2 unspecified atom stereocenters. The van der Waals surface area contributed by atoms with Gasteiger partial charge in [0, 0.05) is 12.2 Å². The highest BCUT2D eigenvalue weighted by molar-refractivity contribution is 8.24. The molecule has 0 saturated heterocycles. The van der Waals surface area contributed by atoms with Gasteiger partial charge in [0.25, 0.3) is 5.70 Å². The van der Waals surface area contributed by atoms with Crippen molar-refractivity contribution in [3.8, 4) is 17.6 Å². The van der Waals surface area contributed by atoms with Gasteiger partial charge in [-0.3, -0.25) is 19.2 Å². The van der Waals surface area contributed by atoms with Crippen molar-refractivity contribution in [1.29, 1.82) is 5.26 Å². The fourth-order valence-corrected chi connectivity index (χ4v) is 5.66. The molecule has 1 heterocycles. The summed E-state index contributed by atoms with van der Waals surface area (Å²) in [7, 11) is 0. The summed E-state index contributed by atoms with van der Waals surface area (Å²) in [4.78, 5) is 75.3. The van der Waals surface area contributed by atoms with Gasteiger partial charge in [-0.05, 0) is 26.0 Å². The Morgan fingerprint density at radius 1 is 0.804 bits per heavy atom. The minimum Gasteiger partial charge on any atom is -0.462 e. The molecule has 0 saturated carbocycles. The van der Waals surface area contributed by atoms with E-state index in [2.05, 4.69) is 18.0 Å². The summed E-state index contributed by atoms with van der Waals surface area (Å²) in [6, 6.07) is 4.47. The summed E-state index contributed by atoms with van der Waals surface area (Å²) < 4.78 is 30.9. The van der Waals surface area contributed by atoms with Gasteiger partial charge in [-0.15, -0.1) is 0 Å². The number of carbonyl (C=O) groups is 6. The molecule has 14 nitrogen and oxygen atoms in total. The maximum Gasteiger partial charge on any atom is 0.330 e. The lowest BCUT2D eigenvalue weighted by Gasteiger charge is -2.14. The van der Waals surface area contributed by atoms with Crippen LogP contribution in [-0.2, 0) is 47.7 Å². The smallest absolute Gasteiger partial charge is 0.330 e. The molecule has 0 bridgehead atoms. The predicted molar refractivity (Wildman–Crippen MR) is 161 cm³/mol. The van der Waals surface area contributed by atoms with E-state index in [1.807, 2.05) is 0 Å². The molecule has 1 aliphatic heterocycles. The number of nitriles is 1. The number of rotatable bonds is 16. The van der Waals surface area contributed by atoms with E-state index in [0.717, 1.165) is 35.7 Å². The molecule has 2 rings (SSSR count). The molecule has 0 radical (unpaired) electrons. The van der Waals surface area contributed by atoms with Gasteiger partial charge in [-0.2, -0.15) is 0 Å². The summed E-state index contributed by atoms with van der Waals surface area (Å²) in [6.07, 6.45) is -0.929. The van der Waals surface area contributed by atoms with Crippen molar-refractivity contribution in [2.24, 2.45) is 0 Å². The normalized spacial score (nSPS) is 13.7. The number of fused-ring (bicyclic) bond motifs is 1. The summed E-state index contributed by atoms with van der Waals surface area (Å²) in [5.41, 5.74) is -0.230. The number of hydrogen-bond donors (Lipinski definition) is 0. The van der Waals surface area contributed by atoms with E-state index in [1.165, 1.54) is 26.0 Å². The van der Waals surface area contributed by atoms with Gasteiger partial charge >= 0.3 is 35.8 Å². The van der Waals surface area contributed by atoms with Gasteiger partial charge in [-0.25, -0.2) is 19.7 Å². The Hall–Kier alpha value is -5.06. The highest BCUT2D eigenvalue weighted by atomic mass is 32.2. The Bertz CT molecular complexity index is 1510. The molecule has 242 valence electrons. The van der Waals surface area contributed by atoms with Gasteiger partial charge < -0.3 is 28.4 Å². The number of ether oxygens (including phenoxy) is 6. The number of nitrogens with zero attached hydrogens (tertiary/aromatic N) is 2. The van der Waals surface area contributed by atoms with Crippen molar-refractivity contribution in [3.05, 3.63) is 58.8 Å². The van der Waals surface area contributed by atoms with E-state index >= 15 is 0 Å². The molecule has 1 aromatic carbocycles.